The minimum Gasteiger partial charge on any atom is -0.492 e. The van der Waals surface area contributed by atoms with E-state index < -0.39 is 0 Å². The predicted molar refractivity (Wildman–Crippen MR) is 76.7 cm³/mol. The Kier molecular flexibility index (Phi) is 7.75. The SMILES string of the molecule is CCOc1cc(Cl)ccc1NC(=O)C(C)CN.Cl. The number of nitrogens with one attached hydrogen (secondary N) is 1. The third-order valence-corrected chi connectivity index (χ3v) is 2.54. The van der Waals surface area contributed by atoms with Crippen molar-refractivity contribution in [2.75, 3.05) is 18.5 Å². The van der Waals surface area contributed by atoms with Crippen molar-refractivity contribution in [1.29, 1.82) is 0 Å². The number of ether oxygens (including phenoxy) is 1. The summed E-state index contributed by atoms with van der Waals surface area (Å²) in [5.74, 6) is 0.202. The van der Waals surface area contributed by atoms with Crippen molar-refractivity contribution in [1.82, 2.24) is 0 Å². The Bertz CT molecular complexity index is 400. The second-order valence-corrected chi connectivity index (χ2v) is 4.14. The number of amides is 1. The third-order valence-electron chi connectivity index (χ3n) is 2.30. The van der Waals surface area contributed by atoms with E-state index >= 15 is 0 Å². The van der Waals surface area contributed by atoms with Gasteiger partial charge in [-0.2, -0.15) is 0 Å². The zero-order valence-electron chi connectivity index (χ0n) is 10.4. The van der Waals surface area contributed by atoms with Crippen LogP contribution in [0.25, 0.3) is 0 Å². The molecule has 6 heteroatoms. The van der Waals surface area contributed by atoms with E-state index in [0.29, 0.717) is 29.6 Å². The van der Waals surface area contributed by atoms with E-state index in [0.717, 1.165) is 0 Å². The fourth-order valence-corrected chi connectivity index (χ4v) is 1.40. The van der Waals surface area contributed by atoms with Crippen molar-refractivity contribution in [2.45, 2.75) is 13.8 Å². The molecule has 0 aromatic heterocycles. The molecule has 0 aliphatic rings. The molecule has 0 radical (unpaired) electrons. The maximum absolute atomic E-state index is 11.7. The predicted octanol–water partition coefficient (Wildman–Crippen LogP) is 2.69. The Morgan fingerprint density at radius 3 is 2.78 bits per heavy atom. The lowest BCUT2D eigenvalue weighted by molar-refractivity contribution is -0.119. The van der Waals surface area contributed by atoms with Crippen LogP contribution in [0.5, 0.6) is 5.75 Å². The molecule has 0 bridgehead atoms. The quantitative estimate of drug-likeness (QED) is 0.877. The molecule has 0 saturated heterocycles. The van der Waals surface area contributed by atoms with Gasteiger partial charge in [-0.25, -0.2) is 0 Å². The van der Waals surface area contributed by atoms with Crippen LogP contribution in [0.3, 0.4) is 0 Å². The average Bonchev–Trinajstić information content (AvgIpc) is 2.31. The van der Waals surface area contributed by atoms with Gasteiger partial charge in [0, 0.05) is 23.6 Å². The number of rotatable bonds is 5. The van der Waals surface area contributed by atoms with E-state index in [2.05, 4.69) is 5.32 Å². The van der Waals surface area contributed by atoms with Gasteiger partial charge in [-0.05, 0) is 19.1 Å². The van der Waals surface area contributed by atoms with Crippen molar-refractivity contribution < 1.29 is 9.53 Å². The van der Waals surface area contributed by atoms with Crippen LogP contribution in [0.4, 0.5) is 5.69 Å². The number of anilines is 1. The van der Waals surface area contributed by atoms with Gasteiger partial charge in [-0.15, -0.1) is 12.4 Å². The highest BCUT2D eigenvalue weighted by Gasteiger charge is 2.13. The molecule has 3 N–H and O–H groups in total. The minimum atomic E-state index is -0.236. The van der Waals surface area contributed by atoms with E-state index in [-0.39, 0.29) is 24.2 Å². The van der Waals surface area contributed by atoms with Crippen LogP contribution in [0.1, 0.15) is 13.8 Å². The molecule has 18 heavy (non-hydrogen) atoms. The van der Waals surface area contributed by atoms with Gasteiger partial charge in [0.2, 0.25) is 5.91 Å². The molecule has 1 amide bonds. The molecule has 1 rings (SSSR count). The highest BCUT2D eigenvalue weighted by atomic mass is 35.5. The molecule has 0 spiro atoms. The summed E-state index contributed by atoms with van der Waals surface area (Å²) in [6.45, 7) is 4.46. The van der Waals surface area contributed by atoms with E-state index in [1.165, 1.54) is 0 Å². The Labute approximate surface area is 118 Å². The highest BCUT2D eigenvalue weighted by molar-refractivity contribution is 6.30. The summed E-state index contributed by atoms with van der Waals surface area (Å²) in [6, 6.07) is 5.09. The number of halogens is 2. The van der Waals surface area contributed by atoms with Crippen LogP contribution in [0, 0.1) is 5.92 Å². The minimum absolute atomic E-state index is 0. The summed E-state index contributed by atoms with van der Waals surface area (Å²) < 4.78 is 5.40. The number of carbonyl (C=O) groups excluding carboxylic acids is 1. The number of hydrogen-bond donors (Lipinski definition) is 2. The van der Waals surface area contributed by atoms with Crippen molar-refractivity contribution >= 4 is 35.6 Å². The first kappa shape index (κ1) is 17.0. The number of benzene rings is 1. The van der Waals surface area contributed by atoms with Crippen LogP contribution in [0.15, 0.2) is 18.2 Å². The zero-order valence-corrected chi connectivity index (χ0v) is 12.0. The molecule has 4 nitrogen and oxygen atoms in total. The molecular formula is C12H18Cl2N2O2. The normalized spacial score (nSPS) is 11.3. The van der Waals surface area contributed by atoms with Crippen LogP contribution < -0.4 is 15.8 Å². The summed E-state index contributed by atoms with van der Waals surface area (Å²) in [6.07, 6.45) is 0. The van der Waals surface area contributed by atoms with E-state index in [1.54, 1.807) is 25.1 Å². The van der Waals surface area contributed by atoms with Gasteiger partial charge >= 0.3 is 0 Å². The van der Waals surface area contributed by atoms with Crippen molar-refractivity contribution in [3.8, 4) is 5.75 Å². The topological polar surface area (TPSA) is 64.3 Å². The lowest BCUT2D eigenvalue weighted by atomic mass is 10.1. The standard InChI is InChI=1S/C12H17ClN2O2.ClH/c1-3-17-11-6-9(13)4-5-10(11)15-12(16)8(2)7-14;/h4-6,8H,3,7,14H2,1-2H3,(H,15,16);1H. The molecule has 1 atom stereocenters. The molecule has 1 unspecified atom stereocenters. The fourth-order valence-electron chi connectivity index (χ4n) is 1.24. The molecule has 102 valence electrons. The first-order chi connectivity index (χ1) is 8.08. The lowest BCUT2D eigenvalue weighted by Gasteiger charge is -2.14. The van der Waals surface area contributed by atoms with Gasteiger partial charge in [0.05, 0.1) is 12.3 Å². The molecule has 0 aliphatic heterocycles. The number of carbonyl (C=O) groups is 1. The summed E-state index contributed by atoms with van der Waals surface area (Å²) in [5, 5.41) is 3.34. The number of hydrogen-bond acceptors (Lipinski definition) is 3. The Hall–Kier alpha value is -0.970. The van der Waals surface area contributed by atoms with Gasteiger partial charge < -0.3 is 15.8 Å². The van der Waals surface area contributed by atoms with Gasteiger partial charge in [0.1, 0.15) is 5.75 Å². The molecule has 0 heterocycles. The summed E-state index contributed by atoms with van der Waals surface area (Å²) in [4.78, 5) is 11.7. The van der Waals surface area contributed by atoms with Gasteiger partial charge in [0.15, 0.2) is 0 Å². The van der Waals surface area contributed by atoms with E-state index in [1.807, 2.05) is 6.92 Å². The van der Waals surface area contributed by atoms with Crippen LogP contribution >= 0.6 is 24.0 Å². The van der Waals surface area contributed by atoms with Crippen molar-refractivity contribution in [3.05, 3.63) is 23.2 Å². The highest BCUT2D eigenvalue weighted by Crippen LogP contribution is 2.28. The third kappa shape index (κ3) is 4.72. The smallest absolute Gasteiger partial charge is 0.228 e. The Morgan fingerprint density at radius 2 is 2.22 bits per heavy atom. The summed E-state index contributed by atoms with van der Waals surface area (Å²) in [7, 11) is 0. The van der Waals surface area contributed by atoms with Gasteiger partial charge in [-0.3, -0.25) is 4.79 Å². The average molecular weight is 293 g/mol. The molecule has 1 aromatic carbocycles. The molecule has 1 aromatic rings. The maximum Gasteiger partial charge on any atom is 0.228 e. The monoisotopic (exact) mass is 292 g/mol. The van der Waals surface area contributed by atoms with E-state index in [9.17, 15) is 4.79 Å². The molecular weight excluding hydrogens is 275 g/mol. The van der Waals surface area contributed by atoms with Gasteiger partial charge in [0.25, 0.3) is 0 Å². The zero-order chi connectivity index (χ0) is 12.8. The second kappa shape index (κ2) is 8.19. The van der Waals surface area contributed by atoms with Crippen molar-refractivity contribution in [3.63, 3.8) is 0 Å². The first-order valence-electron chi connectivity index (χ1n) is 5.51. The second-order valence-electron chi connectivity index (χ2n) is 3.70. The lowest BCUT2D eigenvalue weighted by Crippen LogP contribution is -2.26. The Morgan fingerprint density at radius 1 is 1.56 bits per heavy atom. The molecule has 0 aliphatic carbocycles. The van der Waals surface area contributed by atoms with Crippen LogP contribution in [-0.2, 0) is 4.79 Å². The van der Waals surface area contributed by atoms with Crippen LogP contribution in [-0.4, -0.2) is 19.1 Å². The summed E-state index contributed by atoms with van der Waals surface area (Å²) >= 11 is 5.87. The van der Waals surface area contributed by atoms with Gasteiger partial charge in [-0.1, -0.05) is 18.5 Å². The summed E-state index contributed by atoms with van der Waals surface area (Å²) in [5.41, 5.74) is 6.05. The van der Waals surface area contributed by atoms with Crippen LogP contribution in [0.2, 0.25) is 5.02 Å². The molecule has 0 fully saturated rings. The Balaban J connectivity index is 0.00000289. The maximum atomic E-state index is 11.7. The van der Waals surface area contributed by atoms with E-state index in [4.69, 9.17) is 22.1 Å². The largest absolute Gasteiger partial charge is 0.492 e. The van der Waals surface area contributed by atoms with Crippen molar-refractivity contribution in [2.24, 2.45) is 11.7 Å². The molecule has 0 saturated carbocycles. The first-order valence-corrected chi connectivity index (χ1v) is 5.89. The fraction of sp³-hybridized carbons (Fsp3) is 0.417. The number of nitrogens with two attached hydrogens (primary N) is 1.